The summed E-state index contributed by atoms with van der Waals surface area (Å²) in [5.41, 5.74) is 7.14. The summed E-state index contributed by atoms with van der Waals surface area (Å²) in [6, 6.07) is 5.77. The van der Waals surface area contributed by atoms with E-state index in [1.54, 1.807) is 11.8 Å². The van der Waals surface area contributed by atoms with E-state index >= 15 is 0 Å². The molecule has 1 unspecified atom stereocenters. The van der Waals surface area contributed by atoms with Crippen LogP contribution >= 0.6 is 11.8 Å². The summed E-state index contributed by atoms with van der Waals surface area (Å²) < 4.78 is 0. The molecule has 21 heavy (non-hydrogen) atoms. The van der Waals surface area contributed by atoms with Gasteiger partial charge in [-0.3, -0.25) is 9.59 Å². The van der Waals surface area contributed by atoms with Crippen LogP contribution in [-0.2, 0) is 4.79 Å². The lowest BCUT2D eigenvalue weighted by Gasteiger charge is -2.28. The van der Waals surface area contributed by atoms with E-state index < -0.39 is 0 Å². The Bertz CT molecular complexity index is 584. The molecule has 1 aliphatic carbocycles. The monoisotopic (exact) mass is 303 g/mol. The Balaban J connectivity index is 1.95. The first-order valence-electron chi connectivity index (χ1n) is 7.68. The van der Waals surface area contributed by atoms with E-state index in [9.17, 15) is 9.59 Å². The molecule has 1 heterocycles. The van der Waals surface area contributed by atoms with Crippen molar-refractivity contribution in [2.45, 2.75) is 43.4 Å². The number of ketones is 1. The number of fused-ring (bicyclic) bond motifs is 2. The van der Waals surface area contributed by atoms with Crippen molar-refractivity contribution >= 4 is 23.5 Å². The van der Waals surface area contributed by atoms with Crippen LogP contribution in [-0.4, -0.2) is 17.4 Å². The van der Waals surface area contributed by atoms with Crippen LogP contribution in [0, 0.1) is 11.8 Å². The fraction of sp³-hybridized carbons (Fsp3) is 0.529. The van der Waals surface area contributed by atoms with Crippen LogP contribution < -0.4 is 5.73 Å². The second kappa shape index (κ2) is 5.84. The highest BCUT2D eigenvalue weighted by molar-refractivity contribution is 7.99. The average Bonchev–Trinajstić information content (AvgIpc) is 2.64. The number of primary amides is 1. The summed E-state index contributed by atoms with van der Waals surface area (Å²) in [6.07, 6.45) is 4.61. The van der Waals surface area contributed by atoms with Crippen LogP contribution in [0.1, 0.15) is 54.4 Å². The second-order valence-electron chi connectivity index (χ2n) is 6.21. The van der Waals surface area contributed by atoms with Gasteiger partial charge >= 0.3 is 0 Å². The van der Waals surface area contributed by atoms with Gasteiger partial charge in [-0.2, -0.15) is 0 Å². The van der Waals surface area contributed by atoms with Gasteiger partial charge in [0, 0.05) is 22.1 Å². The van der Waals surface area contributed by atoms with Crippen LogP contribution in [0.15, 0.2) is 23.1 Å². The van der Waals surface area contributed by atoms with E-state index in [0.717, 1.165) is 28.2 Å². The van der Waals surface area contributed by atoms with E-state index in [4.69, 9.17) is 5.73 Å². The number of hydrogen-bond donors (Lipinski definition) is 1. The van der Waals surface area contributed by atoms with Gasteiger partial charge in [0.25, 0.3) is 0 Å². The second-order valence-corrected chi connectivity index (χ2v) is 7.27. The van der Waals surface area contributed by atoms with Crippen LogP contribution in [0.2, 0.25) is 0 Å². The van der Waals surface area contributed by atoms with Gasteiger partial charge in [-0.1, -0.05) is 18.9 Å². The number of benzene rings is 1. The molecule has 2 aliphatic rings. The molecule has 0 radical (unpaired) electrons. The van der Waals surface area contributed by atoms with Crippen LogP contribution in [0.3, 0.4) is 0 Å². The Morgan fingerprint density at radius 3 is 2.86 bits per heavy atom. The average molecular weight is 303 g/mol. The van der Waals surface area contributed by atoms with Crippen molar-refractivity contribution in [3.8, 4) is 0 Å². The van der Waals surface area contributed by atoms with Crippen molar-refractivity contribution in [2.24, 2.45) is 17.6 Å². The first-order valence-corrected chi connectivity index (χ1v) is 8.66. The normalized spacial score (nSPS) is 26.4. The van der Waals surface area contributed by atoms with Crippen LogP contribution in [0.25, 0.3) is 0 Å². The molecule has 3 nitrogen and oxygen atoms in total. The third kappa shape index (κ3) is 2.73. The Kier molecular flexibility index (Phi) is 4.07. The Hall–Kier alpha value is -1.29. The molecule has 1 aromatic carbocycles. The number of rotatable bonds is 2. The minimum Gasteiger partial charge on any atom is -0.369 e. The minimum atomic E-state index is -0.325. The van der Waals surface area contributed by atoms with E-state index in [2.05, 4.69) is 0 Å². The van der Waals surface area contributed by atoms with Gasteiger partial charge in [-0.05, 0) is 43.4 Å². The van der Waals surface area contributed by atoms with Gasteiger partial charge in [-0.15, -0.1) is 11.8 Å². The molecule has 0 saturated heterocycles. The van der Waals surface area contributed by atoms with E-state index in [1.165, 1.54) is 19.3 Å². The molecule has 0 aromatic heterocycles. The molecule has 2 N–H and O–H groups in total. The number of carbonyl (C=O) groups is 2. The molecule has 1 aliphatic heterocycles. The maximum Gasteiger partial charge on any atom is 0.224 e. The summed E-state index contributed by atoms with van der Waals surface area (Å²) >= 11 is 1.77. The number of nitrogens with two attached hydrogens (primary N) is 1. The summed E-state index contributed by atoms with van der Waals surface area (Å²) in [7, 11) is 0. The third-order valence-electron chi connectivity index (χ3n) is 4.90. The highest BCUT2D eigenvalue weighted by Gasteiger charge is 2.35. The minimum absolute atomic E-state index is 0.201. The largest absolute Gasteiger partial charge is 0.369 e. The van der Waals surface area contributed by atoms with Crippen molar-refractivity contribution in [2.75, 3.05) is 5.75 Å². The number of amides is 1. The highest BCUT2D eigenvalue weighted by atomic mass is 32.2. The maximum absolute atomic E-state index is 12.8. The Morgan fingerprint density at radius 2 is 2.10 bits per heavy atom. The highest BCUT2D eigenvalue weighted by Crippen LogP contribution is 2.42. The van der Waals surface area contributed by atoms with Gasteiger partial charge in [0.05, 0.1) is 5.92 Å². The van der Waals surface area contributed by atoms with Crippen molar-refractivity contribution in [1.29, 1.82) is 0 Å². The quantitative estimate of drug-likeness (QED) is 0.911. The van der Waals surface area contributed by atoms with E-state index in [-0.39, 0.29) is 17.7 Å². The van der Waals surface area contributed by atoms with E-state index in [1.807, 2.05) is 25.1 Å². The first-order chi connectivity index (χ1) is 10.1. The number of thioether (sulfide) groups is 1. The molecule has 1 amide bonds. The molecule has 4 heteroatoms. The lowest BCUT2D eigenvalue weighted by atomic mass is 9.76. The molecular formula is C17H21NO2S. The SMILES string of the molecule is CC(C(N)=O)c1ccc2c(c1)SC[C@H]1CCCC[C@@H]1C2=O. The fourth-order valence-corrected chi connectivity index (χ4v) is 4.78. The van der Waals surface area contributed by atoms with Gasteiger partial charge in [0.1, 0.15) is 0 Å². The standard InChI is InChI=1S/C17H21NO2S/c1-10(17(18)20)11-6-7-14-15(8-11)21-9-12-4-2-3-5-13(12)16(14)19/h6-8,10,12-13H,2-5,9H2,1H3,(H2,18,20)/t10?,12-,13+/m1/s1. The first kappa shape index (κ1) is 14.6. The Labute approximate surface area is 129 Å². The summed E-state index contributed by atoms with van der Waals surface area (Å²) in [5.74, 6) is 1.40. The van der Waals surface area contributed by atoms with Crippen LogP contribution in [0.5, 0.6) is 0 Å². The number of carbonyl (C=O) groups excluding carboxylic acids is 2. The maximum atomic E-state index is 12.8. The van der Waals surface area contributed by atoms with Gasteiger partial charge in [-0.25, -0.2) is 0 Å². The zero-order valence-electron chi connectivity index (χ0n) is 12.3. The van der Waals surface area contributed by atoms with Gasteiger partial charge in [0.15, 0.2) is 5.78 Å². The zero-order valence-corrected chi connectivity index (χ0v) is 13.1. The van der Waals surface area contributed by atoms with E-state index in [0.29, 0.717) is 11.7 Å². The number of Topliss-reactive ketones (excluding diaryl/α,β-unsaturated/α-hetero) is 1. The van der Waals surface area contributed by atoms with Crippen LogP contribution in [0.4, 0.5) is 0 Å². The molecule has 1 saturated carbocycles. The zero-order chi connectivity index (χ0) is 15.0. The molecular weight excluding hydrogens is 282 g/mol. The molecule has 1 aromatic rings. The summed E-state index contributed by atoms with van der Waals surface area (Å²) in [6.45, 7) is 1.81. The van der Waals surface area contributed by atoms with Crippen molar-refractivity contribution in [3.05, 3.63) is 29.3 Å². The molecule has 3 atom stereocenters. The molecule has 0 spiro atoms. The van der Waals surface area contributed by atoms with Crippen molar-refractivity contribution in [3.63, 3.8) is 0 Å². The predicted octanol–water partition coefficient (Wildman–Crippen LogP) is 3.37. The van der Waals surface area contributed by atoms with Crippen molar-refractivity contribution in [1.82, 2.24) is 0 Å². The smallest absolute Gasteiger partial charge is 0.224 e. The molecule has 1 fully saturated rings. The lowest BCUT2D eigenvalue weighted by Crippen LogP contribution is -2.27. The Morgan fingerprint density at radius 1 is 1.33 bits per heavy atom. The predicted molar refractivity (Wildman–Crippen MR) is 84.6 cm³/mol. The van der Waals surface area contributed by atoms with Gasteiger partial charge in [0.2, 0.25) is 5.91 Å². The fourth-order valence-electron chi connectivity index (χ4n) is 3.44. The lowest BCUT2D eigenvalue weighted by molar-refractivity contribution is -0.119. The summed E-state index contributed by atoms with van der Waals surface area (Å²) in [5, 5.41) is 0. The molecule has 112 valence electrons. The van der Waals surface area contributed by atoms with Crippen molar-refractivity contribution < 1.29 is 9.59 Å². The van der Waals surface area contributed by atoms with Gasteiger partial charge < -0.3 is 5.73 Å². The molecule has 3 rings (SSSR count). The third-order valence-corrected chi connectivity index (χ3v) is 6.14. The number of hydrogen-bond acceptors (Lipinski definition) is 3. The topological polar surface area (TPSA) is 60.2 Å². The summed E-state index contributed by atoms with van der Waals surface area (Å²) in [4.78, 5) is 25.2. The molecule has 0 bridgehead atoms.